The number of halogens is 2. The summed E-state index contributed by atoms with van der Waals surface area (Å²) in [5.74, 6) is -0.343. The molecule has 0 N–H and O–H groups in total. The largest absolute Gasteiger partial charge is 0.305 e. The molecule has 0 saturated heterocycles. The van der Waals surface area contributed by atoms with Crippen molar-refractivity contribution in [3.05, 3.63) is 138 Å². The van der Waals surface area contributed by atoms with Crippen LogP contribution in [0.1, 0.15) is 63.0 Å². The first-order valence-corrected chi connectivity index (χ1v) is 23.1. The van der Waals surface area contributed by atoms with E-state index in [1.807, 2.05) is 36.5 Å². The zero-order valence-corrected chi connectivity index (χ0v) is 35.8. The molecule has 1 aliphatic carbocycles. The molecule has 3 aromatic heterocycles. The molecule has 279 valence electrons. The molecule has 4 aromatic carbocycles. The molecule has 1 saturated carbocycles. The number of nitrogens with zero attached hydrogens (tertiary/aromatic N) is 2. The van der Waals surface area contributed by atoms with Crippen LogP contribution in [0.2, 0.25) is 19.6 Å². The zero-order chi connectivity index (χ0) is 37.1. The number of hydrogen-bond acceptors (Lipinski definition) is 3. The Morgan fingerprint density at radius 1 is 0.778 bits per heavy atom. The third-order valence-electron chi connectivity index (χ3n) is 10.4. The second kappa shape index (κ2) is 17.3. The van der Waals surface area contributed by atoms with Crippen LogP contribution in [0.5, 0.6) is 0 Å². The summed E-state index contributed by atoms with van der Waals surface area (Å²) in [6, 6.07) is 35.6. The van der Waals surface area contributed by atoms with Gasteiger partial charge >= 0.3 is 0 Å². The number of aromatic nitrogens is 2. The minimum absolute atomic E-state index is 0. The van der Waals surface area contributed by atoms with Gasteiger partial charge in [0.05, 0.1) is 8.07 Å². The van der Waals surface area contributed by atoms with Gasteiger partial charge in [-0.2, -0.15) is 11.3 Å². The fourth-order valence-electron chi connectivity index (χ4n) is 7.52. The molecule has 0 amide bonds. The Morgan fingerprint density at radius 3 is 2.28 bits per heavy atom. The Hall–Kier alpha value is -3.87. The summed E-state index contributed by atoms with van der Waals surface area (Å²) in [4.78, 5) is 9.37. The van der Waals surface area contributed by atoms with Crippen LogP contribution >= 0.6 is 11.3 Å². The fraction of sp³-hybridized carbons (Fsp3) is 0.277. The van der Waals surface area contributed by atoms with Crippen molar-refractivity contribution in [3.8, 4) is 33.6 Å². The average molecular weight is 929 g/mol. The average Bonchev–Trinajstić information content (AvgIpc) is 3.55. The maximum absolute atomic E-state index is 13.8. The summed E-state index contributed by atoms with van der Waals surface area (Å²) < 4.78 is 29.4. The van der Waals surface area contributed by atoms with Gasteiger partial charge in [-0.15, -0.1) is 59.7 Å². The molecule has 1 aliphatic rings. The van der Waals surface area contributed by atoms with Crippen molar-refractivity contribution in [2.24, 2.45) is 5.92 Å². The van der Waals surface area contributed by atoms with Gasteiger partial charge < -0.3 is 9.97 Å². The standard InChI is InChI=1S/C30H24F2NS.C17H22NSi.Ir/c31-26-12-10-21(17-27(26)32)22-9-11-23-24-7-4-8-25(30(24)34-29(23)18-22)28-16-20(13-14-33-28)15-19-5-2-1-3-6-19;1-13(2)15-11-16(14-9-7-6-8-10-14)18-12-17(15)19(3,4)5;/h4,7,9-14,16-19H,1-3,5-6,15H2;6-9,11-13H,1-5H3;/q2*-1;. The molecule has 0 unspecified atom stereocenters. The van der Waals surface area contributed by atoms with Gasteiger partial charge in [0.25, 0.3) is 0 Å². The SMILES string of the molecule is CC(C)c1cc(-c2[c-]cccc2)ncc1[Si](C)(C)C.Fc1ccc(-c2ccc3c(c2)sc2c(-c4cc(CC5CCCCC5)ccn4)[c-]ccc23)cc1F.[Ir]. The topological polar surface area (TPSA) is 25.8 Å². The summed E-state index contributed by atoms with van der Waals surface area (Å²) in [6.45, 7) is 11.7. The molecule has 0 atom stereocenters. The molecular formula is C47H46F2IrN2SSi-2. The first kappa shape index (κ1) is 39.8. The van der Waals surface area contributed by atoms with E-state index in [2.05, 4.69) is 99.3 Å². The molecule has 8 rings (SSSR count). The first-order chi connectivity index (χ1) is 25.5. The van der Waals surface area contributed by atoms with E-state index in [-0.39, 0.29) is 20.1 Å². The third kappa shape index (κ3) is 8.98. The quantitative estimate of drug-likeness (QED) is 0.118. The molecule has 1 radical (unpaired) electrons. The number of rotatable bonds is 7. The molecule has 0 aliphatic heterocycles. The van der Waals surface area contributed by atoms with Crippen molar-refractivity contribution in [2.45, 2.75) is 77.9 Å². The van der Waals surface area contributed by atoms with Gasteiger partial charge in [-0.05, 0) is 80.3 Å². The van der Waals surface area contributed by atoms with Crippen molar-refractivity contribution < 1.29 is 28.9 Å². The Kier molecular flexibility index (Phi) is 12.7. The van der Waals surface area contributed by atoms with Gasteiger partial charge in [-0.3, -0.25) is 0 Å². The second-order valence-electron chi connectivity index (χ2n) is 15.6. The van der Waals surface area contributed by atoms with E-state index in [0.717, 1.165) is 55.2 Å². The molecule has 1 fully saturated rings. The molecule has 0 bridgehead atoms. The number of pyridine rings is 2. The van der Waals surface area contributed by atoms with E-state index in [0.29, 0.717) is 11.5 Å². The van der Waals surface area contributed by atoms with Crippen LogP contribution in [0.15, 0.2) is 103 Å². The molecule has 0 spiro atoms. The van der Waals surface area contributed by atoms with Gasteiger partial charge in [0.1, 0.15) is 0 Å². The van der Waals surface area contributed by atoms with E-state index in [4.69, 9.17) is 4.98 Å². The summed E-state index contributed by atoms with van der Waals surface area (Å²) in [5.41, 5.74) is 8.44. The van der Waals surface area contributed by atoms with Crippen LogP contribution in [0.4, 0.5) is 8.78 Å². The summed E-state index contributed by atoms with van der Waals surface area (Å²) in [5, 5.41) is 3.80. The van der Waals surface area contributed by atoms with Crippen LogP contribution < -0.4 is 5.19 Å². The van der Waals surface area contributed by atoms with Crippen molar-refractivity contribution in [3.63, 3.8) is 0 Å². The maximum atomic E-state index is 13.8. The fourth-order valence-corrected chi connectivity index (χ4v) is 10.5. The first-order valence-electron chi connectivity index (χ1n) is 18.8. The van der Waals surface area contributed by atoms with Crippen molar-refractivity contribution in [1.82, 2.24) is 9.97 Å². The van der Waals surface area contributed by atoms with Crippen molar-refractivity contribution in [1.29, 1.82) is 0 Å². The van der Waals surface area contributed by atoms with Gasteiger partial charge in [0, 0.05) is 37.2 Å². The third-order valence-corrected chi connectivity index (χ3v) is 13.6. The minimum atomic E-state index is -1.34. The summed E-state index contributed by atoms with van der Waals surface area (Å²) in [7, 11) is -1.34. The number of fused-ring (bicyclic) bond motifs is 3. The van der Waals surface area contributed by atoms with Crippen LogP contribution in [0, 0.1) is 29.7 Å². The Morgan fingerprint density at radius 2 is 1.56 bits per heavy atom. The second-order valence-corrected chi connectivity index (χ2v) is 21.7. The normalized spacial score (nSPS) is 13.5. The van der Waals surface area contributed by atoms with E-state index in [9.17, 15) is 8.78 Å². The van der Waals surface area contributed by atoms with E-state index in [1.54, 1.807) is 17.4 Å². The number of thiophene rings is 1. The van der Waals surface area contributed by atoms with Crippen LogP contribution in [-0.4, -0.2) is 18.0 Å². The van der Waals surface area contributed by atoms with Gasteiger partial charge in [0.15, 0.2) is 11.6 Å². The monoisotopic (exact) mass is 929 g/mol. The molecule has 7 aromatic rings. The predicted octanol–water partition coefficient (Wildman–Crippen LogP) is 13.2. The Bertz CT molecular complexity index is 2360. The van der Waals surface area contributed by atoms with Crippen molar-refractivity contribution in [2.75, 3.05) is 0 Å². The maximum Gasteiger partial charge on any atom is 0.159 e. The number of benzene rings is 4. The predicted molar refractivity (Wildman–Crippen MR) is 223 cm³/mol. The van der Waals surface area contributed by atoms with E-state index >= 15 is 0 Å². The van der Waals surface area contributed by atoms with Crippen LogP contribution in [0.3, 0.4) is 0 Å². The van der Waals surface area contributed by atoms with Crippen LogP contribution in [0.25, 0.3) is 53.8 Å². The van der Waals surface area contributed by atoms with Gasteiger partial charge in [0.2, 0.25) is 0 Å². The van der Waals surface area contributed by atoms with Crippen molar-refractivity contribution >= 4 is 44.8 Å². The zero-order valence-electron chi connectivity index (χ0n) is 31.6. The summed E-state index contributed by atoms with van der Waals surface area (Å²) >= 11 is 1.70. The summed E-state index contributed by atoms with van der Waals surface area (Å²) in [6.07, 6.45) is 11.9. The Balaban J connectivity index is 0.000000213. The smallest absolute Gasteiger partial charge is 0.159 e. The van der Waals surface area contributed by atoms with Gasteiger partial charge in [-0.1, -0.05) is 112 Å². The van der Waals surface area contributed by atoms with E-state index < -0.39 is 19.7 Å². The Labute approximate surface area is 337 Å². The van der Waals surface area contributed by atoms with E-state index in [1.165, 1.54) is 65.9 Å². The molecular weight excluding hydrogens is 883 g/mol. The van der Waals surface area contributed by atoms with Crippen LogP contribution in [-0.2, 0) is 26.5 Å². The molecule has 7 heteroatoms. The number of hydrogen-bond donors (Lipinski definition) is 0. The molecule has 2 nitrogen and oxygen atoms in total. The molecule has 3 heterocycles. The van der Waals surface area contributed by atoms with Gasteiger partial charge in [-0.25, -0.2) is 8.78 Å². The molecule has 54 heavy (non-hydrogen) atoms. The minimum Gasteiger partial charge on any atom is -0.305 e.